The molecule has 0 aromatic rings. The molecule has 104 valence electrons. The van der Waals surface area contributed by atoms with Crippen LogP contribution < -0.4 is 5.32 Å². The molecule has 1 saturated heterocycles. The minimum atomic E-state index is -2.64. The minimum Gasteiger partial charge on any atom is -0.342 e. The van der Waals surface area contributed by atoms with Crippen LogP contribution in [0.15, 0.2) is 0 Å². The Balaban J connectivity index is 1.88. The van der Waals surface area contributed by atoms with Gasteiger partial charge in [0.1, 0.15) is 0 Å². The van der Waals surface area contributed by atoms with Crippen molar-refractivity contribution in [2.75, 3.05) is 20.1 Å². The smallest absolute Gasteiger partial charge is 0.248 e. The van der Waals surface area contributed by atoms with Gasteiger partial charge in [-0.15, -0.1) is 0 Å². The summed E-state index contributed by atoms with van der Waals surface area (Å²) in [7, 11) is 1.92. The van der Waals surface area contributed by atoms with Crippen LogP contribution in [0.2, 0.25) is 0 Å². The van der Waals surface area contributed by atoms with Crippen LogP contribution >= 0.6 is 0 Å². The van der Waals surface area contributed by atoms with Gasteiger partial charge >= 0.3 is 0 Å². The van der Waals surface area contributed by atoms with E-state index in [2.05, 4.69) is 5.32 Å². The van der Waals surface area contributed by atoms with E-state index in [1.807, 2.05) is 7.05 Å². The van der Waals surface area contributed by atoms with E-state index >= 15 is 0 Å². The summed E-state index contributed by atoms with van der Waals surface area (Å²) in [5.74, 6) is -3.15. The number of carbonyl (C=O) groups is 1. The molecule has 2 aliphatic rings. The summed E-state index contributed by atoms with van der Waals surface area (Å²) in [4.78, 5) is 14.0. The number of alkyl halides is 2. The van der Waals surface area contributed by atoms with Gasteiger partial charge in [-0.3, -0.25) is 4.79 Å². The molecule has 5 heteroatoms. The number of hydrogen-bond acceptors (Lipinski definition) is 2. The molecule has 2 fully saturated rings. The van der Waals surface area contributed by atoms with E-state index in [4.69, 9.17) is 0 Å². The SMILES string of the molecule is CNC1CCN(C(=O)C2CCCC(F)(F)C2)CC1. The molecule has 1 unspecified atom stereocenters. The molecule has 1 aliphatic heterocycles. The van der Waals surface area contributed by atoms with Crippen LogP contribution in [0.5, 0.6) is 0 Å². The molecule has 0 radical (unpaired) electrons. The summed E-state index contributed by atoms with van der Waals surface area (Å²) in [6, 6.07) is 0.460. The first-order valence-electron chi connectivity index (χ1n) is 6.86. The van der Waals surface area contributed by atoms with Crippen LogP contribution in [0.25, 0.3) is 0 Å². The Morgan fingerprint density at radius 3 is 2.50 bits per heavy atom. The third-order valence-electron chi connectivity index (χ3n) is 4.20. The van der Waals surface area contributed by atoms with Crippen molar-refractivity contribution >= 4 is 5.91 Å². The molecule has 18 heavy (non-hydrogen) atoms. The second-order valence-electron chi connectivity index (χ2n) is 5.54. The van der Waals surface area contributed by atoms with Crippen LogP contribution in [0.4, 0.5) is 8.78 Å². The fourth-order valence-electron chi connectivity index (χ4n) is 3.03. The van der Waals surface area contributed by atoms with Gasteiger partial charge in [-0.1, -0.05) is 0 Å². The van der Waals surface area contributed by atoms with Crippen LogP contribution in [0.1, 0.15) is 38.5 Å². The summed E-state index contributed by atoms with van der Waals surface area (Å²) < 4.78 is 26.6. The van der Waals surface area contributed by atoms with Gasteiger partial charge in [0, 0.05) is 37.9 Å². The predicted octanol–water partition coefficient (Wildman–Crippen LogP) is 2.02. The van der Waals surface area contributed by atoms with Gasteiger partial charge in [0.25, 0.3) is 0 Å². The Morgan fingerprint density at radius 1 is 1.28 bits per heavy atom. The number of amides is 1. The molecule has 1 N–H and O–H groups in total. The summed E-state index contributed by atoms with van der Waals surface area (Å²) >= 11 is 0. The van der Waals surface area contributed by atoms with Crippen molar-refractivity contribution in [1.29, 1.82) is 0 Å². The maximum atomic E-state index is 13.3. The van der Waals surface area contributed by atoms with Gasteiger partial charge < -0.3 is 10.2 Å². The number of piperidine rings is 1. The molecule has 2 rings (SSSR count). The third-order valence-corrected chi connectivity index (χ3v) is 4.20. The van der Waals surface area contributed by atoms with Crippen molar-refractivity contribution in [2.45, 2.75) is 50.5 Å². The Bertz CT molecular complexity index is 301. The average Bonchev–Trinajstić information content (AvgIpc) is 2.37. The second-order valence-corrected chi connectivity index (χ2v) is 5.54. The van der Waals surface area contributed by atoms with Crippen molar-refractivity contribution in [3.63, 3.8) is 0 Å². The number of halogens is 2. The van der Waals surface area contributed by atoms with Gasteiger partial charge in [-0.25, -0.2) is 8.78 Å². The first kappa shape index (κ1) is 13.7. The number of likely N-dealkylation sites (tertiary alicyclic amines) is 1. The molecule has 3 nitrogen and oxygen atoms in total. The van der Waals surface area contributed by atoms with Gasteiger partial charge in [-0.2, -0.15) is 0 Å². The van der Waals surface area contributed by atoms with Gasteiger partial charge in [0.2, 0.25) is 11.8 Å². The highest BCUT2D eigenvalue weighted by molar-refractivity contribution is 5.79. The van der Waals surface area contributed by atoms with E-state index in [0.29, 0.717) is 32.0 Å². The van der Waals surface area contributed by atoms with Gasteiger partial charge in [-0.05, 0) is 32.7 Å². The monoisotopic (exact) mass is 260 g/mol. The lowest BCUT2D eigenvalue weighted by Crippen LogP contribution is -2.47. The molecule has 0 spiro atoms. The van der Waals surface area contributed by atoms with Gasteiger partial charge in [0.05, 0.1) is 0 Å². The van der Waals surface area contributed by atoms with Crippen LogP contribution in [-0.4, -0.2) is 42.9 Å². The minimum absolute atomic E-state index is 0.0519. The normalized spacial score (nSPS) is 29.3. The first-order valence-corrected chi connectivity index (χ1v) is 6.86. The predicted molar refractivity (Wildman–Crippen MR) is 65.6 cm³/mol. The molecule has 1 heterocycles. The van der Waals surface area contributed by atoms with Crippen molar-refractivity contribution in [3.05, 3.63) is 0 Å². The molecule has 0 aromatic heterocycles. The summed E-state index contributed by atoms with van der Waals surface area (Å²) in [5.41, 5.74) is 0. The van der Waals surface area contributed by atoms with E-state index in [9.17, 15) is 13.6 Å². The fraction of sp³-hybridized carbons (Fsp3) is 0.923. The van der Waals surface area contributed by atoms with Crippen LogP contribution in [0, 0.1) is 5.92 Å². The first-order chi connectivity index (χ1) is 8.52. The number of rotatable bonds is 2. The highest BCUT2D eigenvalue weighted by atomic mass is 19.3. The average molecular weight is 260 g/mol. The Hall–Kier alpha value is -0.710. The molecule has 0 aromatic carbocycles. The summed E-state index contributed by atoms with van der Waals surface area (Å²) in [6.07, 6.45) is 2.63. The lowest BCUT2D eigenvalue weighted by atomic mass is 9.85. The molecular weight excluding hydrogens is 238 g/mol. The Labute approximate surface area is 107 Å². The quantitative estimate of drug-likeness (QED) is 0.824. The molecule has 1 amide bonds. The Morgan fingerprint density at radius 2 is 1.94 bits per heavy atom. The number of hydrogen-bond donors (Lipinski definition) is 1. The molecule has 1 saturated carbocycles. The van der Waals surface area contributed by atoms with Crippen molar-refractivity contribution in [2.24, 2.45) is 5.92 Å². The number of nitrogens with zero attached hydrogens (tertiary/aromatic N) is 1. The highest BCUT2D eigenvalue weighted by Crippen LogP contribution is 2.37. The van der Waals surface area contributed by atoms with Crippen LogP contribution in [-0.2, 0) is 4.79 Å². The zero-order chi connectivity index (χ0) is 13.2. The van der Waals surface area contributed by atoms with E-state index in [0.717, 1.165) is 12.8 Å². The zero-order valence-electron chi connectivity index (χ0n) is 10.9. The lowest BCUT2D eigenvalue weighted by molar-refractivity contribution is -0.143. The lowest BCUT2D eigenvalue weighted by Gasteiger charge is -2.36. The van der Waals surface area contributed by atoms with Gasteiger partial charge in [0.15, 0.2) is 0 Å². The van der Waals surface area contributed by atoms with E-state index in [1.165, 1.54) is 0 Å². The van der Waals surface area contributed by atoms with Crippen molar-refractivity contribution in [3.8, 4) is 0 Å². The molecular formula is C13H22F2N2O. The largest absolute Gasteiger partial charge is 0.342 e. The van der Waals surface area contributed by atoms with Crippen LogP contribution in [0.3, 0.4) is 0 Å². The number of nitrogens with one attached hydrogen (secondary N) is 1. The van der Waals surface area contributed by atoms with Crippen molar-refractivity contribution in [1.82, 2.24) is 10.2 Å². The standard InChI is InChI=1S/C13H22F2N2O/c1-16-11-4-7-17(8-5-11)12(18)10-3-2-6-13(14,15)9-10/h10-11,16H,2-9H2,1H3. The Kier molecular flexibility index (Phi) is 4.20. The summed E-state index contributed by atoms with van der Waals surface area (Å²) in [6.45, 7) is 1.40. The summed E-state index contributed by atoms with van der Waals surface area (Å²) in [5, 5.41) is 3.20. The fourth-order valence-corrected chi connectivity index (χ4v) is 3.03. The van der Waals surface area contributed by atoms with E-state index in [1.54, 1.807) is 4.90 Å². The highest BCUT2D eigenvalue weighted by Gasteiger charge is 2.40. The van der Waals surface area contributed by atoms with E-state index < -0.39 is 11.8 Å². The topological polar surface area (TPSA) is 32.3 Å². The maximum Gasteiger partial charge on any atom is 0.248 e. The molecule has 1 aliphatic carbocycles. The maximum absolute atomic E-state index is 13.3. The van der Waals surface area contributed by atoms with E-state index in [-0.39, 0.29) is 18.7 Å². The second kappa shape index (κ2) is 5.51. The number of carbonyl (C=O) groups excluding carboxylic acids is 1. The molecule has 0 bridgehead atoms. The third kappa shape index (κ3) is 3.19. The molecule has 1 atom stereocenters. The zero-order valence-corrected chi connectivity index (χ0v) is 10.9. The van der Waals surface area contributed by atoms with Crippen molar-refractivity contribution < 1.29 is 13.6 Å².